The smallest absolute Gasteiger partial charge is 0.355 e. The number of β-lactam (4-membered cyclic amide) rings is 1. The van der Waals surface area contributed by atoms with Gasteiger partial charge in [0, 0.05) is 30.6 Å². The van der Waals surface area contributed by atoms with Gasteiger partial charge < -0.3 is 49.0 Å². The van der Waals surface area contributed by atoms with Crippen LogP contribution < -0.4 is 39.8 Å². The lowest BCUT2D eigenvalue weighted by atomic mass is 9.70. The Morgan fingerprint density at radius 3 is 2.30 bits per heavy atom. The van der Waals surface area contributed by atoms with E-state index in [9.17, 15) is 19.2 Å². The number of methoxy groups -OCH3 is 1. The molecule has 0 spiro atoms. The summed E-state index contributed by atoms with van der Waals surface area (Å²) in [5, 5.41) is 2.51. The Bertz CT molecular complexity index is 1440. The molecular weight excluding hydrogens is 695 g/mol. The number of nitrogens with one attached hydrogen (secondary N) is 1. The zero-order valence-corrected chi connectivity index (χ0v) is 27.6. The first-order chi connectivity index (χ1) is 20.7. The number of thioether (sulfide) groups is 1. The van der Waals surface area contributed by atoms with Crippen molar-refractivity contribution in [1.29, 1.82) is 0 Å². The second kappa shape index (κ2) is 13.1. The summed E-state index contributed by atoms with van der Waals surface area (Å²) in [7, 11) is 1.59. The number of hydrogen-bond donors (Lipinski definition) is 2. The van der Waals surface area contributed by atoms with Crippen molar-refractivity contribution in [2.24, 2.45) is 11.1 Å². The van der Waals surface area contributed by atoms with E-state index in [2.05, 4.69) is 5.32 Å². The van der Waals surface area contributed by atoms with Crippen molar-refractivity contribution in [2.75, 3.05) is 39.0 Å². The number of ether oxygens (including phenoxy) is 2. The standard InChI is InChI=1S/C32H36N4O6S.HI/c1-41-24-9-7-22(8-10-24)19-42-30(39)27-23(18-36-14-11-32(12-15-36,13-16-36)31(33)40)20-43-29-26(28(38)35(27)29)34-25(37)17-21-5-3-2-4-6-21;/h2-10,26,29H,11-20H2,1H3,(H2-,33,34,37,40);1H/t26-,29+,32?,36?;/m1./s1. The number of carbonyl (C=O) groups is 4. The van der Waals surface area contributed by atoms with Crippen molar-refractivity contribution >= 4 is 35.5 Å². The van der Waals surface area contributed by atoms with E-state index in [1.165, 1.54) is 4.90 Å². The molecule has 0 saturated carbocycles. The van der Waals surface area contributed by atoms with E-state index < -0.39 is 17.4 Å². The molecule has 234 valence electrons. The van der Waals surface area contributed by atoms with Gasteiger partial charge in [-0.15, -0.1) is 11.8 Å². The number of nitrogens with zero attached hydrogens (tertiary/aromatic N) is 2. The largest absolute Gasteiger partial charge is 1.00 e. The third-order valence-electron chi connectivity index (χ3n) is 9.54. The lowest BCUT2D eigenvalue weighted by Gasteiger charge is -2.55. The molecule has 0 radical (unpaired) electrons. The summed E-state index contributed by atoms with van der Waals surface area (Å²) in [5.74, 6) is -0.0467. The van der Waals surface area contributed by atoms with Gasteiger partial charge in [-0.25, -0.2) is 4.79 Å². The van der Waals surface area contributed by atoms with Crippen molar-refractivity contribution in [3.05, 3.63) is 77.0 Å². The SMILES string of the molecule is COc1ccc(COC(=O)C2=C(C[N+]34CCC(C(N)=O)(CC3)CC4)CS[C@H]3[C@H](NC(=O)Cc4ccccc4)C(=O)N23)cc1.[I-]. The van der Waals surface area contributed by atoms with Gasteiger partial charge in [-0.1, -0.05) is 42.5 Å². The summed E-state index contributed by atoms with van der Waals surface area (Å²) in [4.78, 5) is 53.8. The first-order valence-electron chi connectivity index (χ1n) is 14.7. The molecule has 3 amide bonds. The molecule has 0 unspecified atom stereocenters. The fourth-order valence-electron chi connectivity index (χ4n) is 6.81. The third-order valence-corrected chi connectivity index (χ3v) is 10.9. The number of primary amides is 1. The highest BCUT2D eigenvalue weighted by Crippen LogP contribution is 2.46. The first-order valence-corrected chi connectivity index (χ1v) is 15.7. The van der Waals surface area contributed by atoms with E-state index in [4.69, 9.17) is 15.2 Å². The van der Waals surface area contributed by atoms with Crippen LogP contribution in [0.25, 0.3) is 0 Å². The minimum absolute atomic E-state index is 0. The number of amides is 3. The van der Waals surface area contributed by atoms with Crippen LogP contribution in [0, 0.1) is 5.41 Å². The average Bonchev–Trinajstić information content (AvgIpc) is 3.03. The number of hydrogen-bond acceptors (Lipinski definition) is 7. The molecule has 2 atom stereocenters. The van der Waals surface area contributed by atoms with Crippen molar-refractivity contribution in [3.8, 4) is 5.75 Å². The van der Waals surface area contributed by atoms with Crippen molar-refractivity contribution < 1.29 is 57.1 Å². The van der Waals surface area contributed by atoms with Crippen molar-refractivity contribution in [2.45, 2.75) is 43.7 Å². The molecule has 2 aromatic carbocycles. The maximum Gasteiger partial charge on any atom is 0.355 e. The van der Waals surface area contributed by atoms with Gasteiger partial charge in [-0.2, -0.15) is 0 Å². The topological polar surface area (TPSA) is 128 Å². The van der Waals surface area contributed by atoms with Crippen LogP contribution in [-0.2, 0) is 36.9 Å². The van der Waals surface area contributed by atoms with Gasteiger partial charge in [0.1, 0.15) is 36.0 Å². The molecule has 0 aliphatic carbocycles. The molecule has 5 aliphatic rings. The number of benzene rings is 2. The maximum atomic E-state index is 13.7. The van der Waals surface area contributed by atoms with E-state index in [1.807, 2.05) is 42.5 Å². The molecule has 5 heterocycles. The molecule has 44 heavy (non-hydrogen) atoms. The zero-order valence-electron chi connectivity index (χ0n) is 24.6. The van der Waals surface area contributed by atoms with Crippen LogP contribution in [0.4, 0.5) is 0 Å². The Balaban J connectivity index is 0.00000384. The van der Waals surface area contributed by atoms with E-state index >= 15 is 0 Å². The Labute approximate surface area is 278 Å². The molecule has 7 rings (SSSR count). The highest BCUT2D eigenvalue weighted by molar-refractivity contribution is 8.00. The molecule has 3 N–H and O–H groups in total. The number of piperidine rings is 3. The number of esters is 1. The van der Waals surface area contributed by atoms with Crippen LogP contribution in [0.5, 0.6) is 5.75 Å². The second-order valence-electron chi connectivity index (χ2n) is 12.1. The number of quaternary nitrogens is 1. The summed E-state index contributed by atoms with van der Waals surface area (Å²) in [6.07, 6.45) is 2.38. The number of carbonyl (C=O) groups excluding carboxylic acids is 4. The molecule has 2 aromatic rings. The predicted octanol–water partition coefficient (Wildman–Crippen LogP) is -0.875. The van der Waals surface area contributed by atoms with Gasteiger partial charge in [-0.3, -0.25) is 19.3 Å². The summed E-state index contributed by atoms with van der Waals surface area (Å²) < 4.78 is 11.8. The van der Waals surface area contributed by atoms with Gasteiger partial charge >= 0.3 is 5.97 Å². The molecule has 2 bridgehead atoms. The second-order valence-corrected chi connectivity index (χ2v) is 13.2. The van der Waals surface area contributed by atoms with E-state index in [0.717, 1.165) is 60.1 Å². The maximum absolute atomic E-state index is 13.7. The monoisotopic (exact) mass is 732 g/mol. The molecule has 12 heteroatoms. The minimum atomic E-state index is -0.708. The fraction of sp³-hybridized carbons (Fsp3) is 0.438. The quantitative estimate of drug-likeness (QED) is 0.141. The minimum Gasteiger partial charge on any atom is -1.00 e. The van der Waals surface area contributed by atoms with Crippen LogP contribution in [0.2, 0.25) is 0 Å². The Kier molecular flexibility index (Phi) is 9.61. The summed E-state index contributed by atoms with van der Waals surface area (Å²) >= 11 is 1.56. The number of rotatable bonds is 10. The number of nitrogens with two attached hydrogens (primary N) is 1. The zero-order chi connectivity index (χ0) is 30.2. The highest BCUT2D eigenvalue weighted by Gasteiger charge is 2.57. The highest BCUT2D eigenvalue weighted by atomic mass is 127. The van der Waals surface area contributed by atoms with E-state index in [-0.39, 0.29) is 60.1 Å². The molecular formula is C32H37IN4O6S. The van der Waals surface area contributed by atoms with Gasteiger partial charge in [0.15, 0.2) is 0 Å². The van der Waals surface area contributed by atoms with Crippen LogP contribution >= 0.6 is 11.8 Å². The number of fused-ring (bicyclic) bond motifs is 4. The lowest BCUT2D eigenvalue weighted by molar-refractivity contribution is -0.940. The summed E-state index contributed by atoms with van der Waals surface area (Å²) in [6.45, 7) is 3.08. The van der Waals surface area contributed by atoms with Crippen molar-refractivity contribution in [3.63, 3.8) is 0 Å². The Morgan fingerprint density at radius 2 is 1.68 bits per heavy atom. The van der Waals surface area contributed by atoms with Crippen LogP contribution in [-0.4, -0.2) is 83.5 Å². The normalized spacial score (nSPS) is 27.0. The van der Waals surface area contributed by atoms with Gasteiger partial charge in [0.2, 0.25) is 11.8 Å². The molecule has 4 saturated heterocycles. The van der Waals surface area contributed by atoms with Gasteiger partial charge in [0.25, 0.3) is 5.91 Å². The molecule has 0 aromatic heterocycles. The van der Waals surface area contributed by atoms with Crippen molar-refractivity contribution in [1.82, 2.24) is 10.2 Å². The summed E-state index contributed by atoms with van der Waals surface area (Å²) in [5.41, 5.74) is 8.18. The molecule has 10 nitrogen and oxygen atoms in total. The number of halogens is 1. The van der Waals surface area contributed by atoms with E-state index in [0.29, 0.717) is 23.7 Å². The van der Waals surface area contributed by atoms with Gasteiger partial charge in [-0.05, 0) is 23.3 Å². The van der Waals surface area contributed by atoms with Crippen LogP contribution in [0.3, 0.4) is 0 Å². The predicted molar refractivity (Wildman–Crippen MR) is 160 cm³/mol. The average molecular weight is 733 g/mol. The van der Waals surface area contributed by atoms with Crippen LogP contribution in [0.1, 0.15) is 30.4 Å². The Morgan fingerprint density at radius 1 is 1.02 bits per heavy atom. The molecule has 5 aliphatic heterocycles. The van der Waals surface area contributed by atoms with E-state index in [1.54, 1.807) is 31.0 Å². The fourth-order valence-corrected chi connectivity index (χ4v) is 8.15. The van der Waals surface area contributed by atoms with Crippen LogP contribution in [0.15, 0.2) is 65.9 Å². The summed E-state index contributed by atoms with van der Waals surface area (Å²) in [6, 6.07) is 15.9. The van der Waals surface area contributed by atoms with Gasteiger partial charge in [0.05, 0.1) is 38.6 Å². The first kappa shape index (κ1) is 32.3. The third kappa shape index (κ3) is 6.20. The lowest BCUT2D eigenvalue weighted by Crippen LogP contribution is -3.00. The Hall–Kier alpha value is -3.10. The molecule has 4 fully saturated rings.